The predicted molar refractivity (Wildman–Crippen MR) is 405 cm³/mol. The van der Waals surface area contributed by atoms with Crippen molar-refractivity contribution in [1.29, 1.82) is 0 Å². The first kappa shape index (κ1) is 97.6. The van der Waals surface area contributed by atoms with E-state index >= 15 is 0 Å². The number of hydrogen-bond acceptors (Lipinski definition) is 27. The van der Waals surface area contributed by atoms with E-state index in [2.05, 4.69) is 67.0 Å². The number of nitrogens with two attached hydrogens (primary N) is 3. The molecule has 40 heteroatoms. The largest absolute Gasteiger partial charge is 0.486 e. The van der Waals surface area contributed by atoms with Gasteiger partial charge in [0.05, 0.1) is 97.7 Å². The molecule has 0 radical (unpaired) electrons. The number of aromatic nitrogens is 8. The molecular formula is C75H111BN16O23. The molecule has 2 aliphatic heterocycles. The summed E-state index contributed by atoms with van der Waals surface area (Å²) in [5.41, 5.74) is 16.7. The summed E-state index contributed by atoms with van der Waals surface area (Å²) in [6.45, 7) is 39.9. The summed E-state index contributed by atoms with van der Waals surface area (Å²) in [5.74, 6) is -0.887. The number of aryl methyl sites for hydroxylation is 1. The van der Waals surface area contributed by atoms with Gasteiger partial charge in [0.2, 0.25) is 17.7 Å². The van der Waals surface area contributed by atoms with Crippen molar-refractivity contribution in [1.82, 2.24) is 64.8 Å². The van der Waals surface area contributed by atoms with Gasteiger partial charge in [-0.2, -0.15) is 28.8 Å². The van der Waals surface area contributed by atoms with Crippen molar-refractivity contribution in [3.05, 3.63) is 102 Å². The van der Waals surface area contributed by atoms with E-state index in [0.717, 1.165) is 23.2 Å². The molecule has 115 heavy (non-hydrogen) atoms. The highest BCUT2D eigenvalue weighted by Gasteiger charge is 2.67. The van der Waals surface area contributed by atoms with Gasteiger partial charge >= 0.3 is 55.9 Å². The van der Waals surface area contributed by atoms with Crippen LogP contribution >= 0.6 is 0 Å². The lowest BCUT2D eigenvalue weighted by atomic mass is 9.43. The van der Waals surface area contributed by atoms with Crippen LogP contribution in [0.15, 0.2) is 62.2 Å². The van der Waals surface area contributed by atoms with Crippen LogP contribution in [0.2, 0.25) is 6.32 Å². The van der Waals surface area contributed by atoms with E-state index in [-0.39, 0.29) is 99.7 Å². The van der Waals surface area contributed by atoms with E-state index in [0.29, 0.717) is 47.3 Å². The van der Waals surface area contributed by atoms with Gasteiger partial charge in [0, 0.05) is 18.6 Å². The van der Waals surface area contributed by atoms with Gasteiger partial charge in [0.15, 0.2) is 6.04 Å². The molecule has 1 aromatic carbocycles. The van der Waals surface area contributed by atoms with Gasteiger partial charge in [-0.15, -0.1) is 0 Å². The smallest absolute Gasteiger partial charge is 0.457 e. The minimum atomic E-state index is -1.19. The van der Waals surface area contributed by atoms with E-state index < -0.39 is 94.1 Å². The lowest BCUT2D eigenvalue weighted by molar-refractivity contribution is -0.199. The third kappa shape index (κ3) is 33.6. The van der Waals surface area contributed by atoms with Gasteiger partial charge in [0.1, 0.15) is 65.1 Å². The van der Waals surface area contributed by atoms with E-state index in [4.69, 9.17) is 83.7 Å². The summed E-state index contributed by atoms with van der Waals surface area (Å²) in [7, 11) is -0.320. The number of nitrogens with zero attached hydrogens (tertiary/aromatic N) is 8. The third-order valence-electron chi connectivity index (χ3n) is 17.2. The van der Waals surface area contributed by atoms with E-state index in [1.54, 1.807) is 109 Å². The molecule has 2 bridgehead atoms. The number of nitrogens with one attached hydrogen (secondary N) is 5. The summed E-state index contributed by atoms with van der Waals surface area (Å²) in [4.78, 5) is 177. The Bertz CT molecular complexity index is 4160. The van der Waals surface area contributed by atoms with Crippen LogP contribution in [0.3, 0.4) is 0 Å². The van der Waals surface area contributed by atoms with Crippen LogP contribution in [0.5, 0.6) is 5.75 Å². The Kier molecular flexibility index (Phi) is 36.1. The number of ether oxygens (including phenoxy) is 6. The zero-order valence-electron chi connectivity index (χ0n) is 69.2. The van der Waals surface area contributed by atoms with Crippen LogP contribution in [0.1, 0.15) is 214 Å². The van der Waals surface area contributed by atoms with Crippen LogP contribution < -0.4 is 43.2 Å². The fraction of sp³-hybridized carbons (Fsp3) is 0.600. The van der Waals surface area contributed by atoms with Gasteiger partial charge < -0.3 is 99.8 Å². The number of imidazole rings is 4. The molecule has 3 saturated carbocycles. The molecule has 7 atom stereocenters. The number of primary amides is 3. The van der Waals surface area contributed by atoms with Gasteiger partial charge in [-0.05, 0) is 192 Å². The first-order chi connectivity index (χ1) is 53.1. The Balaban J connectivity index is 0.000000455. The minimum Gasteiger partial charge on any atom is -0.486 e. The molecule has 3 unspecified atom stereocenters. The van der Waals surface area contributed by atoms with Gasteiger partial charge in [-0.25, -0.2) is 43.9 Å². The van der Waals surface area contributed by atoms with Gasteiger partial charge in [-0.1, -0.05) is 19.9 Å². The normalized spacial score (nSPS) is 17.6. The zero-order chi connectivity index (χ0) is 87.5. The summed E-state index contributed by atoms with van der Waals surface area (Å²) in [6, 6.07) is 2.11. The van der Waals surface area contributed by atoms with Crippen molar-refractivity contribution in [2.45, 2.75) is 261 Å². The summed E-state index contributed by atoms with van der Waals surface area (Å²) >= 11 is 0. The lowest BCUT2D eigenvalue weighted by Gasteiger charge is -2.64. The van der Waals surface area contributed by atoms with Crippen molar-refractivity contribution in [2.75, 3.05) is 13.1 Å². The van der Waals surface area contributed by atoms with Crippen LogP contribution in [0, 0.1) is 24.2 Å². The molecule has 5 aromatic rings. The second kappa shape index (κ2) is 42.5. The summed E-state index contributed by atoms with van der Waals surface area (Å²) < 4.78 is 50.6. The maximum Gasteiger partial charge on any atom is 0.457 e. The number of hydrogen-bond donors (Lipinski definition) is 8. The number of carbonyl (C=O) groups excluding carboxylic acids is 15. The van der Waals surface area contributed by atoms with Gasteiger partial charge in [-0.3, -0.25) is 19.2 Å². The Morgan fingerprint density at radius 2 is 1.07 bits per heavy atom. The Hall–Kier alpha value is -11.6. The molecular weight excluding hydrogens is 1500 g/mol. The van der Waals surface area contributed by atoms with Crippen molar-refractivity contribution in [3.8, 4) is 5.75 Å². The van der Waals surface area contributed by atoms with Crippen molar-refractivity contribution in [3.63, 3.8) is 0 Å². The Morgan fingerprint density at radius 3 is 1.54 bits per heavy atom. The van der Waals surface area contributed by atoms with Crippen LogP contribution in [0.25, 0.3) is 0 Å². The highest BCUT2D eigenvalue weighted by Crippen LogP contribution is 2.66. The molecule has 4 aromatic heterocycles. The fourth-order valence-electron chi connectivity index (χ4n) is 12.3. The zero-order valence-corrected chi connectivity index (χ0v) is 69.2. The number of alkyl carbamates (subject to hydrolysis) is 4. The maximum atomic E-state index is 13.8. The van der Waals surface area contributed by atoms with Crippen molar-refractivity contribution >= 4 is 79.5 Å². The molecule has 3 aliphatic carbocycles. The van der Waals surface area contributed by atoms with Crippen molar-refractivity contribution in [2.24, 2.45) is 34.5 Å². The van der Waals surface area contributed by atoms with Gasteiger partial charge in [0.25, 0.3) is 5.91 Å². The topological polar surface area (TPSA) is 541 Å². The molecule has 5 aliphatic rings. The average molecular weight is 1620 g/mol. The van der Waals surface area contributed by atoms with Crippen LogP contribution in [-0.4, -0.2) is 182 Å². The highest BCUT2D eigenvalue weighted by molar-refractivity contribution is 6.45. The number of aromatic amines is 1. The average Bonchev–Trinajstić information content (AvgIpc) is 1.64. The number of rotatable bonds is 21. The minimum absolute atomic E-state index is 0.0617. The first-order valence-corrected chi connectivity index (χ1v) is 36.5. The quantitative estimate of drug-likeness (QED) is 0.0225. The molecule has 39 nitrogen and oxygen atoms in total. The summed E-state index contributed by atoms with van der Waals surface area (Å²) in [5, 5.41) is 10.6. The molecule has 632 valence electrons. The molecule has 0 spiro atoms. The fourth-order valence-corrected chi connectivity index (χ4v) is 12.3. The Morgan fingerprint density at radius 1 is 0.617 bits per heavy atom. The number of carbonyl (C=O) groups is 9. The van der Waals surface area contributed by atoms with Crippen molar-refractivity contribution < 1.29 is 110 Å². The molecule has 5 fully saturated rings. The highest BCUT2D eigenvalue weighted by atomic mass is 16.7. The number of H-pyrrole nitrogens is 1. The standard InChI is InChI=1S/C39H56BN5O9.C12H20N4O3.C11H18N4O3.C10H17N3O2.3CO2/c1-22-23(13-14-40-53-29-16-24-15-28(38(24,8)9)39(29,10)54-40)11-12-27(31(22)34(48)51-36(2,3)4)50-25-17-45(18-25)33(47)32(43-35(49)52-37(5,6)7)26-19-44(21-42-26)20-30(41)46;1-8(15-11(18)19-12(2,3)4)9-5-16(7-14-9)6-10(13)17;1-11(2,3)18-10(17)13-4-8-5-15(7-14-8)6-9(12)16;1-7(8-5-11-6-12-8)13-9(14)15-10(2,3)4;3*2-1-3/h11-12,19,21,24-25,28-29,32H,13-18,20H2,1-10H3,(H2,41,46)(H,43,49);5,7-8H,6H2,1-4H3,(H2,13,17)(H,15,18);5,7H,4,6H2,1-3H3,(H2,12,16)(H,13,17);5-7H,1-4H3,(H,11,12)(H,13,14);;;/t24-,28-,29+,32?,39-;;;;;;/m0....../s1. The third-order valence-corrected chi connectivity index (χ3v) is 17.2. The second-order valence-corrected chi connectivity index (χ2v) is 33.0. The molecule has 2 saturated heterocycles. The van der Waals surface area contributed by atoms with Crippen LogP contribution in [-0.2, 0) is 114 Å². The van der Waals surface area contributed by atoms with E-state index in [1.807, 2.05) is 61.5 Å². The number of likely N-dealkylation sites (tertiary alicyclic amines) is 1. The maximum absolute atomic E-state index is 13.8. The monoisotopic (exact) mass is 1610 g/mol. The first-order valence-electron chi connectivity index (χ1n) is 36.5. The van der Waals surface area contributed by atoms with E-state index in [1.165, 1.54) is 41.1 Å². The number of amides is 8. The molecule has 6 heterocycles. The molecule has 11 N–H and O–H groups in total. The second-order valence-electron chi connectivity index (χ2n) is 33.0. The molecule has 10 rings (SSSR count). The van der Waals surface area contributed by atoms with Crippen LogP contribution in [0.4, 0.5) is 19.2 Å². The molecule has 8 amide bonds. The SMILES string of the molecule is CC(C)(C)OC(=O)NCc1cn(CC(N)=O)cn1.CC(NC(=O)OC(C)(C)C)c1cn(CC(N)=O)cn1.CC(NC(=O)OC(C)(C)C)c1cnc[nH]1.Cc1c(CCB2O[C@@H]3C[C@@H]4C[C@@H](C4(C)C)[C@]3(C)O2)ccc(OC2CN(C(=O)C(NC(=O)OC(C)(C)C)c3cn(CC(N)=O)cn3)C2)c1C(=O)OC(C)(C)C.O=C=O.O=C=O.O=C=O. The number of benzene rings is 1. The summed E-state index contributed by atoms with van der Waals surface area (Å²) in [6.07, 6.45) is 14.1. The number of esters is 1. The lowest BCUT2D eigenvalue weighted by Crippen LogP contribution is -2.65. The predicted octanol–water partition coefficient (Wildman–Crippen LogP) is 6.35. The Labute approximate surface area is 667 Å². The van der Waals surface area contributed by atoms with E-state index in [9.17, 15) is 43.2 Å².